The summed E-state index contributed by atoms with van der Waals surface area (Å²) in [5.41, 5.74) is 2.64. The van der Waals surface area contributed by atoms with E-state index in [2.05, 4.69) is 14.8 Å². The predicted octanol–water partition coefficient (Wildman–Crippen LogP) is 5.10. The van der Waals surface area contributed by atoms with E-state index in [0.717, 1.165) is 42.1 Å². The lowest BCUT2D eigenvalue weighted by atomic mass is 10.1. The predicted molar refractivity (Wildman–Crippen MR) is 127 cm³/mol. The Labute approximate surface area is 193 Å². The van der Waals surface area contributed by atoms with Crippen LogP contribution in [0.2, 0.25) is 10.0 Å². The van der Waals surface area contributed by atoms with Crippen LogP contribution in [0.15, 0.2) is 42.5 Å². The molecule has 1 aromatic heterocycles. The minimum atomic E-state index is -0.345. The van der Waals surface area contributed by atoms with E-state index >= 15 is 0 Å². The molecule has 2 heterocycles. The van der Waals surface area contributed by atoms with Crippen molar-refractivity contribution < 1.29 is 4.79 Å². The molecule has 5 nitrogen and oxygen atoms in total. The molecule has 4 rings (SSSR count). The van der Waals surface area contributed by atoms with E-state index in [4.69, 9.17) is 28.2 Å². The lowest BCUT2D eigenvalue weighted by Crippen LogP contribution is -2.38. The monoisotopic (exact) mass is 458 g/mol. The zero-order chi connectivity index (χ0) is 21.8. The lowest BCUT2D eigenvalue weighted by molar-refractivity contribution is -0.124. The Morgan fingerprint density at radius 1 is 1.10 bits per heavy atom. The first-order valence-corrected chi connectivity index (χ1v) is 11.7. The van der Waals surface area contributed by atoms with Gasteiger partial charge in [0.2, 0.25) is 5.91 Å². The van der Waals surface area contributed by atoms with Gasteiger partial charge in [0.05, 0.1) is 11.0 Å². The highest BCUT2D eigenvalue weighted by atomic mass is 35.5. The number of fused-ring (bicyclic) bond motifs is 1. The van der Waals surface area contributed by atoms with Crippen LogP contribution in [0.5, 0.6) is 0 Å². The fraction of sp³-hybridized carbons (Fsp3) is 0.417. The summed E-state index contributed by atoms with van der Waals surface area (Å²) in [6.07, 6.45) is 3.63. The number of hydrogen-bond donors (Lipinski definition) is 1. The molecule has 0 unspecified atom stereocenters. The van der Waals surface area contributed by atoms with Crippen LogP contribution >= 0.6 is 23.2 Å². The number of halogens is 2. The number of likely N-dealkylation sites (tertiary alicyclic amines) is 1. The number of benzene rings is 2. The minimum absolute atomic E-state index is 0.0244. The Morgan fingerprint density at radius 3 is 2.52 bits per heavy atom. The van der Waals surface area contributed by atoms with E-state index in [1.54, 1.807) is 0 Å². The summed E-state index contributed by atoms with van der Waals surface area (Å²) in [5.74, 6) is 0.814. The van der Waals surface area contributed by atoms with E-state index in [-0.39, 0.29) is 11.9 Å². The number of rotatable bonds is 8. The maximum absolute atomic E-state index is 13.2. The average molecular weight is 459 g/mol. The van der Waals surface area contributed by atoms with Crippen LogP contribution in [-0.2, 0) is 11.2 Å². The van der Waals surface area contributed by atoms with E-state index in [9.17, 15) is 4.79 Å². The Hall–Kier alpha value is -2.08. The Bertz CT molecular complexity index is 1040. The van der Waals surface area contributed by atoms with E-state index in [1.807, 2.05) is 49.4 Å². The Kier molecular flexibility index (Phi) is 7.16. The molecule has 0 bridgehead atoms. The van der Waals surface area contributed by atoms with Crippen molar-refractivity contribution in [3.8, 4) is 0 Å². The third-order valence-electron chi connectivity index (χ3n) is 5.99. The molecule has 31 heavy (non-hydrogen) atoms. The summed E-state index contributed by atoms with van der Waals surface area (Å²) < 4.78 is 2.06. The second-order valence-electron chi connectivity index (χ2n) is 8.03. The fourth-order valence-electron chi connectivity index (χ4n) is 4.37. The number of aromatic nitrogens is 2. The summed E-state index contributed by atoms with van der Waals surface area (Å²) in [5, 5.41) is 4.36. The van der Waals surface area contributed by atoms with Crippen molar-refractivity contribution in [3.05, 3.63) is 63.9 Å². The maximum atomic E-state index is 13.2. The van der Waals surface area contributed by atoms with Gasteiger partial charge < -0.3 is 14.8 Å². The van der Waals surface area contributed by atoms with Crippen LogP contribution in [0.25, 0.3) is 11.0 Å². The zero-order valence-electron chi connectivity index (χ0n) is 17.8. The molecule has 1 fully saturated rings. The number of carbonyl (C=O) groups is 1. The molecular formula is C24H28Cl2N4O. The van der Waals surface area contributed by atoms with Gasteiger partial charge >= 0.3 is 0 Å². The van der Waals surface area contributed by atoms with Crippen LogP contribution in [-0.4, -0.2) is 46.5 Å². The maximum Gasteiger partial charge on any atom is 0.243 e. The number of nitrogens with zero attached hydrogens (tertiary/aromatic N) is 3. The summed E-state index contributed by atoms with van der Waals surface area (Å²) in [6.45, 7) is 5.85. The molecule has 1 atom stereocenters. The zero-order valence-corrected chi connectivity index (χ0v) is 19.3. The standard InChI is InChI=1S/C24H28Cl2N4O/c1-2-21(24(31)27-12-15-29-13-5-6-14-29)30-22-11-4-3-10-20(22)28-23(30)16-17-18(25)8-7-9-19(17)26/h3-4,7-11,21H,2,5-6,12-16H2,1H3,(H,27,31)/t21-/m1/s1. The van der Waals surface area contributed by atoms with Crippen LogP contribution < -0.4 is 5.32 Å². The van der Waals surface area contributed by atoms with Crippen LogP contribution in [0, 0.1) is 0 Å². The number of para-hydroxylation sites is 2. The number of hydrogen-bond acceptors (Lipinski definition) is 3. The van der Waals surface area contributed by atoms with Gasteiger partial charge in [-0.3, -0.25) is 4.79 Å². The SMILES string of the molecule is CC[C@H](C(=O)NCCN1CCCC1)n1c(Cc2c(Cl)cccc2Cl)nc2ccccc21. The van der Waals surface area contributed by atoms with Gasteiger partial charge in [-0.2, -0.15) is 0 Å². The average Bonchev–Trinajstić information content (AvgIpc) is 3.40. The van der Waals surface area contributed by atoms with Crippen molar-refractivity contribution in [1.29, 1.82) is 0 Å². The van der Waals surface area contributed by atoms with Gasteiger partial charge in [-0.1, -0.05) is 48.3 Å². The van der Waals surface area contributed by atoms with Crippen LogP contribution in [0.4, 0.5) is 0 Å². The summed E-state index contributed by atoms with van der Waals surface area (Å²) in [6, 6.07) is 13.1. The highest BCUT2D eigenvalue weighted by molar-refractivity contribution is 6.36. The van der Waals surface area contributed by atoms with Gasteiger partial charge in [-0.05, 0) is 62.2 Å². The molecule has 0 spiro atoms. The second kappa shape index (κ2) is 10.0. The molecule has 0 saturated carbocycles. The van der Waals surface area contributed by atoms with Crippen LogP contribution in [0.3, 0.4) is 0 Å². The summed E-state index contributed by atoms with van der Waals surface area (Å²) in [7, 11) is 0. The third-order valence-corrected chi connectivity index (χ3v) is 6.70. The molecule has 164 valence electrons. The molecule has 1 amide bonds. The molecule has 7 heteroatoms. The Morgan fingerprint density at radius 2 is 1.81 bits per heavy atom. The first kappa shape index (κ1) is 22.1. The van der Waals surface area contributed by atoms with Crippen molar-refractivity contribution in [2.24, 2.45) is 0 Å². The topological polar surface area (TPSA) is 50.2 Å². The minimum Gasteiger partial charge on any atom is -0.353 e. The van der Waals surface area contributed by atoms with Crippen molar-refractivity contribution in [3.63, 3.8) is 0 Å². The summed E-state index contributed by atoms with van der Waals surface area (Å²) >= 11 is 12.9. The van der Waals surface area contributed by atoms with E-state index in [0.29, 0.717) is 29.4 Å². The molecular weight excluding hydrogens is 431 g/mol. The van der Waals surface area contributed by atoms with Crippen molar-refractivity contribution in [2.75, 3.05) is 26.2 Å². The lowest BCUT2D eigenvalue weighted by Gasteiger charge is -2.22. The number of imidazole rings is 1. The van der Waals surface area contributed by atoms with Crippen LogP contribution in [0.1, 0.15) is 43.6 Å². The molecule has 3 aromatic rings. The second-order valence-corrected chi connectivity index (χ2v) is 8.84. The largest absolute Gasteiger partial charge is 0.353 e. The third kappa shape index (κ3) is 4.89. The van der Waals surface area contributed by atoms with Gasteiger partial charge in [-0.25, -0.2) is 4.98 Å². The fourth-order valence-corrected chi connectivity index (χ4v) is 4.90. The van der Waals surface area contributed by atoms with Gasteiger partial charge in [0.15, 0.2) is 0 Å². The molecule has 0 radical (unpaired) electrons. The first-order chi connectivity index (χ1) is 15.1. The molecule has 1 N–H and O–H groups in total. The molecule has 1 aliphatic heterocycles. The Balaban J connectivity index is 1.62. The molecule has 0 aliphatic carbocycles. The normalized spacial score (nSPS) is 15.5. The number of amides is 1. The van der Waals surface area contributed by atoms with E-state index < -0.39 is 0 Å². The molecule has 1 saturated heterocycles. The molecule has 2 aromatic carbocycles. The smallest absolute Gasteiger partial charge is 0.243 e. The van der Waals surface area contributed by atoms with Gasteiger partial charge in [0.1, 0.15) is 11.9 Å². The van der Waals surface area contributed by atoms with Gasteiger partial charge in [-0.15, -0.1) is 0 Å². The quantitative estimate of drug-likeness (QED) is 0.510. The van der Waals surface area contributed by atoms with Gasteiger partial charge in [0.25, 0.3) is 0 Å². The first-order valence-electron chi connectivity index (χ1n) is 11.0. The molecule has 1 aliphatic rings. The van der Waals surface area contributed by atoms with E-state index in [1.165, 1.54) is 12.8 Å². The highest BCUT2D eigenvalue weighted by Gasteiger charge is 2.25. The number of carbonyl (C=O) groups excluding carboxylic acids is 1. The highest BCUT2D eigenvalue weighted by Crippen LogP contribution is 2.30. The van der Waals surface area contributed by atoms with Crippen molar-refractivity contribution >= 4 is 40.1 Å². The van der Waals surface area contributed by atoms with Gasteiger partial charge in [0, 0.05) is 29.6 Å². The number of nitrogens with one attached hydrogen (secondary N) is 1. The van der Waals surface area contributed by atoms with Crippen molar-refractivity contribution in [2.45, 2.75) is 38.6 Å². The van der Waals surface area contributed by atoms with Crippen molar-refractivity contribution in [1.82, 2.24) is 19.8 Å². The summed E-state index contributed by atoms with van der Waals surface area (Å²) in [4.78, 5) is 20.4.